The van der Waals surface area contributed by atoms with Gasteiger partial charge in [-0.1, -0.05) is 26.8 Å². The molecule has 168 valence electrons. The van der Waals surface area contributed by atoms with Crippen LogP contribution in [0, 0.1) is 0 Å². The zero-order valence-electron chi connectivity index (χ0n) is 18.6. The molecule has 0 spiro atoms. The average molecular weight is 440 g/mol. The minimum atomic E-state index is -3.67. The van der Waals surface area contributed by atoms with Crippen LogP contribution in [-0.2, 0) is 22.2 Å². The molecule has 1 aliphatic heterocycles. The SMILES string of the molecule is CCn1c(C(C)(C)C)cc2cc(NC(=O)C3(c4ccc5c(c4)OC(F)(F)O5)CC3)ccc21. The van der Waals surface area contributed by atoms with Crippen LogP contribution >= 0.6 is 0 Å². The number of amides is 1. The second-order valence-corrected chi connectivity index (χ2v) is 9.66. The normalized spacial score (nSPS) is 18.1. The first-order chi connectivity index (χ1) is 15.0. The maximum Gasteiger partial charge on any atom is 0.586 e. The second kappa shape index (κ2) is 6.70. The lowest BCUT2D eigenvalue weighted by molar-refractivity contribution is -0.286. The van der Waals surface area contributed by atoms with Crippen LogP contribution in [-0.4, -0.2) is 16.8 Å². The van der Waals surface area contributed by atoms with Crippen LogP contribution in [0.1, 0.15) is 51.8 Å². The van der Waals surface area contributed by atoms with E-state index in [-0.39, 0.29) is 22.8 Å². The van der Waals surface area contributed by atoms with Gasteiger partial charge in [-0.15, -0.1) is 8.78 Å². The summed E-state index contributed by atoms with van der Waals surface area (Å²) in [4.78, 5) is 13.2. The van der Waals surface area contributed by atoms with Crippen molar-refractivity contribution in [2.75, 3.05) is 5.32 Å². The summed E-state index contributed by atoms with van der Waals surface area (Å²) >= 11 is 0. The number of rotatable bonds is 4. The van der Waals surface area contributed by atoms with Gasteiger partial charge in [0.15, 0.2) is 11.5 Å². The summed E-state index contributed by atoms with van der Waals surface area (Å²) in [5.74, 6) is -0.201. The molecule has 1 fully saturated rings. The topological polar surface area (TPSA) is 52.5 Å². The summed E-state index contributed by atoms with van der Waals surface area (Å²) in [7, 11) is 0. The number of ether oxygens (including phenoxy) is 2. The van der Waals surface area contributed by atoms with E-state index < -0.39 is 11.7 Å². The molecule has 1 N–H and O–H groups in total. The Kier molecular flexibility index (Phi) is 4.36. The molecule has 5 nitrogen and oxygen atoms in total. The summed E-state index contributed by atoms with van der Waals surface area (Å²) in [5.41, 5.74) is 3.02. The van der Waals surface area contributed by atoms with Crippen molar-refractivity contribution in [1.29, 1.82) is 0 Å². The lowest BCUT2D eigenvalue weighted by Gasteiger charge is -2.21. The molecule has 0 saturated heterocycles. The van der Waals surface area contributed by atoms with Gasteiger partial charge in [0.2, 0.25) is 5.91 Å². The molecule has 0 radical (unpaired) electrons. The number of nitrogens with one attached hydrogen (secondary N) is 1. The van der Waals surface area contributed by atoms with Crippen molar-refractivity contribution in [1.82, 2.24) is 4.57 Å². The number of fused-ring (bicyclic) bond motifs is 2. The van der Waals surface area contributed by atoms with Crippen molar-refractivity contribution < 1.29 is 23.0 Å². The third kappa shape index (κ3) is 3.31. The van der Waals surface area contributed by atoms with Crippen molar-refractivity contribution in [2.24, 2.45) is 0 Å². The first-order valence-corrected chi connectivity index (χ1v) is 10.9. The molecule has 1 aliphatic carbocycles. The molecule has 7 heteroatoms. The van der Waals surface area contributed by atoms with Gasteiger partial charge in [0.05, 0.1) is 5.41 Å². The van der Waals surface area contributed by atoms with E-state index in [2.05, 4.69) is 53.1 Å². The number of anilines is 1. The summed E-state index contributed by atoms with van der Waals surface area (Å²) < 4.78 is 38.0. The van der Waals surface area contributed by atoms with E-state index in [1.165, 1.54) is 17.8 Å². The number of carbonyl (C=O) groups excluding carboxylic acids is 1. The first-order valence-electron chi connectivity index (χ1n) is 10.9. The molecule has 5 rings (SSSR count). The van der Waals surface area contributed by atoms with E-state index in [4.69, 9.17) is 0 Å². The monoisotopic (exact) mass is 440 g/mol. The number of aromatic nitrogens is 1. The van der Waals surface area contributed by atoms with Gasteiger partial charge in [-0.3, -0.25) is 4.79 Å². The van der Waals surface area contributed by atoms with Crippen LogP contribution in [0.15, 0.2) is 42.5 Å². The fourth-order valence-corrected chi connectivity index (χ4v) is 4.58. The summed E-state index contributed by atoms with van der Waals surface area (Å²) in [6.45, 7) is 9.56. The Hall–Kier alpha value is -3.09. The van der Waals surface area contributed by atoms with Gasteiger partial charge < -0.3 is 19.4 Å². The third-order valence-electron chi connectivity index (χ3n) is 6.38. The molecule has 1 aromatic heterocycles. The Morgan fingerprint density at radius 3 is 2.44 bits per heavy atom. The van der Waals surface area contributed by atoms with Crippen molar-refractivity contribution in [3.8, 4) is 11.5 Å². The van der Waals surface area contributed by atoms with Crippen molar-refractivity contribution in [2.45, 2.75) is 64.2 Å². The van der Waals surface area contributed by atoms with Gasteiger partial charge in [0.25, 0.3) is 0 Å². The maximum absolute atomic E-state index is 13.4. The number of hydrogen-bond donors (Lipinski definition) is 1. The first kappa shape index (κ1) is 20.8. The van der Waals surface area contributed by atoms with Gasteiger partial charge in [-0.05, 0) is 61.7 Å². The molecular weight excluding hydrogens is 414 g/mol. The standard InChI is InChI=1S/C25H26F2N2O3/c1-5-29-18-8-7-17(12-15(18)13-21(29)23(2,3)4)28-22(30)24(10-11-24)16-6-9-19-20(14-16)32-25(26,27)31-19/h6-9,12-14H,5,10-11H2,1-4H3,(H,28,30). The Bertz CT molecular complexity index is 1240. The molecule has 0 atom stereocenters. The average Bonchev–Trinajstić information content (AvgIpc) is 3.34. The van der Waals surface area contributed by atoms with Crippen molar-refractivity contribution in [3.63, 3.8) is 0 Å². The molecule has 3 aromatic rings. The highest BCUT2D eigenvalue weighted by molar-refractivity contribution is 6.02. The molecule has 1 amide bonds. The number of hydrogen-bond acceptors (Lipinski definition) is 3. The van der Waals surface area contributed by atoms with Crippen LogP contribution in [0.4, 0.5) is 14.5 Å². The van der Waals surface area contributed by atoms with Crippen LogP contribution < -0.4 is 14.8 Å². The molecular formula is C25H26F2N2O3. The molecule has 0 bridgehead atoms. The molecule has 32 heavy (non-hydrogen) atoms. The van der Waals surface area contributed by atoms with Crippen LogP contribution in [0.25, 0.3) is 10.9 Å². The Morgan fingerprint density at radius 1 is 1.06 bits per heavy atom. The van der Waals surface area contributed by atoms with E-state index in [9.17, 15) is 13.6 Å². The predicted molar refractivity (Wildman–Crippen MR) is 118 cm³/mol. The zero-order chi connectivity index (χ0) is 22.9. The fourth-order valence-electron chi connectivity index (χ4n) is 4.58. The third-order valence-corrected chi connectivity index (χ3v) is 6.38. The van der Waals surface area contributed by atoms with Gasteiger partial charge in [-0.2, -0.15) is 0 Å². The Labute approximate surface area is 185 Å². The van der Waals surface area contributed by atoms with E-state index in [1.54, 1.807) is 6.07 Å². The van der Waals surface area contributed by atoms with Crippen LogP contribution in [0.2, 0.25) is 0 Å². The number of halogens is 2. The summed E-state index contributed by atoms with van der Waals surface area (Å²) in [5, 5.41) is 4.11. The zero-order valence-corrected chi connectivity index (χ0v) is 18.6. The fraction of sp³-hybridized carbons (Fsp3) is 0.400. The van der Waals surface area contributed by atoms with E-state index >= 15 is 0 Å². The molecule has 2 aromatic carbocycles. The van der Waals surface area contributed by atoms with E-state index in [0.29, 0.717) is 18.4 Å². The summed E-state index contributed by atoms with van der Waals surface area (Å²) in [6.07, 6.45) is -2.37. The minimum Gasteiger partial charge on any atom is -0.395 e. The molecule has 2 heterocycles. The smallest absolute Gasteiger partial charge is 0.395 e. The highest BCUT2D eigenvalue weighted by Crippen LogP contribution is 2.52. The lowest BCUT2D eigenvalue weighted by Crippen LogP contribution is -2.27. The quantitative estimate of drug-likeness (QED) is 0.545. The predicted octanol–water partition coefficient (Wildman–Crippen LogP) is 5.95. The van der Waals surface area contributed by atoms with E-state index in [1.807, 2.05) is 18.2 Å². The number of alkyl halides is 2. The Morgan fingerprint density at radius 2 is 1.78 bits per heavy atom. The highest BCUT2D eigenvalue weighted by atomic mass is 19.3. The van der Waals surface area contributed by atoms with Gasteiger partial charge in [0.1, 0.15) is 0 Å². The minimum absolute atomic E-state index is 0.00662. The molecule has 0 unspecified atom stereocenters. The van der Waals surface area contributed by atoms with Gasteiger partial charge in [-0.25, -0.2) is 0 Å². The summed E-state index contributed by atoms with van der Waals surface area (Å²) in [6, 6.07) is 12.7. The Balaban J connectivity index is 1.42. The number of carbonyl (C=O) groups is 1. The van der Waals surface area contributed by atoms with Crippen molar-refractivity contribution in [3.05, 3.63) is 53.7 Å². The number of nitrogens with zero attached hydrogens (tertiary/aromatic N) is 1. The largest absolute Gasteiger partial charge is 0.586 e. The highest BCUT2D eigenvalue weighted by Gasteiger charge is 2.52. The lowest BCUT2D eigenvalue weighted by atomic mass is 9.92. The van der Waals surface area contributed by atoms with Gasteiger partial charge >= 0.3 is 6.29 Å². The second-order valence-electron chi connectivity index (χ2n) is 9.66. The number of benzene rings is 2. The van der Waals surface area contributed by atoms with E-state index in [0.717, 1.165) is 23.1 Å². The van der Waals surface area contributed by atoms with Gasteiger partial charge in [0, 0.05) is 34.2 Å². The molecule has 2 aliphatic rings. The molecule has 1 saturated carbocycles. The number of aryl methyl sites for hydroxylation is 1. The van der Waals surface area contributed by atoms with Crippen LogP contribution in [0.5, 0.6) is 11.5 Å². The van der Waals surface area contributed by atoms with Crippen molar-refractivity contribution >= 4 is 22.5 Å². The maximum atomic E-state index is 13.4. The van der Waals surface area contributed by atoms with Crippen LogP contribution in [0.3, 0.4) is 0 Å².